The van der Waals surface area contributed by atoms with Crippen molar-refractivity contribution in [1.82, 2.24) is 0 Å². The fourth-order valence-corrected chi connectivity index (χ4v) is 6.42. The number of quaternary nitrogens is 2. The van der Waals surface area contributed by atoms with E-state index >= 15 is 0 Å². The quantitative estimate of drug-likeness (QED) is 0.0566. The van der Waals surface area contributed by atoms with Crippen molar-refractivity contribution in [3.05, 3.63) is 0 Å². The molecule has 0 aliphatic rings. The van der Waals surface area contributed by atoms with Crippen LogP contribution in [0.4, 0.5) is 0 Å². The van der Waals surface area contributed by atoms with Gasteiger partial charge in [-0.3, -0.25) is 0 Å². The van der Waals surface area contributed by atoms with Crippen LogP contribution >= 0.6 is 0 Å². The van der Waals surface area contributed by atoms with Gasteiger partial charge in [0.05, 0.1) is 54.4 Å². The summed E-state index contributed by atoms with van der Waals surface area (Å²) >= 11 is 0. The fourth-order valence-electron chi connectivity index (χ4n) is 6.42. The van der Waals surface area contributed by atoms with E-state index < -0.39 is 0 Å². The van der Waals surface area contributed by atoms with Gasteiger partial charge in [0.1, 0.15) is 0 Å². The van der Waals surface area contributed by atoms with Crippen LogP contribution in [0.5, 0.6) is 0 Å². The monoisotopic (exact) mass is 724 g/mol. The normalized spacial score (nSPS) is 11.9. The summed E-state index contributed by atoms with van der Waals surface area (Å²) < 4.78 is 2.48. The number of unbranched alkanes of at least 4 members (excludes halogenated alkanes) is 25. The van der Waals surface area contributed by atoms with Crippen LogP contribution < -0.4 is 34.0 Å². The van der Waals surface area contributed by atoms with Gasteiger partial charge in [0, 0.05) is 0 Å². The van der Waals surface area contributed by atoms with Crippen molar-refractivity contribution in [2.45, 2.75) is 194 Å². The highest BCUT2D eigenvalue weighted by molar-refractivity contribution is 4.51. The summed E-state index contributed by atoms with van der Waals surface area (Å²) in [4.78, 5) is 0. The lowest BCUT2D eigenvalue weighted by molar-refractivity contribution is -0.890. The number of halogens is 2. The zero-order chi connectivity index (χ0) is 29.6. The van der Waals surface area contributed by atoms with Crippen LogP contribution in [0.2, 0.25) is 0 Å². The summed E-state index contributed by atoms with van der Waals surface area (Å²) in [6, 6.07) is 0. The van der Waals surface area contributed by atoms with Crippen molar-refractivity contribution in [1.29, 1.82) is 0 Å². The molecule has 42 heavy (non-hydrogen) atoms. The molecule has 0 fully saturated rings. The average Bonchev–Trinajstić information content (AvgIpc) is 2.91. The lowest BCUT2D eigenvalue weighted by Gasteiger charge is -2.30. The molecule has 0 aliphatic heterocycles. The molecule has 0 saturated heterocycles. The molecule has 0 aliphatic carbocycles. The van der Waals surface area contributed by atoms with E-state index in [1.54, 1.807) is 0 Å². The van der Waals surface area contributed by atoms with Gasteiger partial charge in [-0.05, 0) is 51.4 Å². The first kappa shape index (κ1) is 47.3. The maximum absolute atomic E-state index is 2.46. The van der Waals surface area contributed by atoms with E-state index in [0.29, 0.717) is 0 Å². The number of rotatable bonds is 33. The largest absolute Gasteiger partial charge is 1.00 e. The van der Waals surface area contributed by atoms with Crippen molar-refractivity contribution in [2.24, 2.45) is 0 Å². The highest BCUT2D eigenvalue weighted by atomic mass is 79.9. The van der Waals surface area contributed by atoms with Crippen LogP contribution in [-0.2, 0) is 0 Å². The second-order valence-electron chi connectivity index (χ2n) is 15.0. The van der Waals surface area contributed by atoms with Gasteiger partial charge in [0.25, 0.3) is 0 Å². The maximum Gasteiger partial charge on any atom is 0.0782 e. The Labute approximate surface area is 289 Å². The summed E-state index contributed by atoms with van der Waals surface area (Å²) in [5, 5.41) is 0. The van der Waals surface area contributed by atoms with Crippen LogP contribution in [0.15, 0.2) is 0 Å². The van der Waals surface area contributed by atoms with Crippen molar-refractivity contribution >= 4 is 0 Å². The van der Waals surface area contributed by atoms with Crippen molar-refractivity contribution in [3.63, 3.8) is 0 Å². The van der Waals surface area contributed by atoms with Gasteiger partial charge in [0.15, 0.2) is 0 Å². The van der Waals surface area contributed by atoms with E-state index in [9.17, 15) is 0 Å². The molecule has 258 valence electrons. The van der Waals surface area contributed by atoms with E-state index in [-0.39, 0.29) is 34.0 Å². The summed E-state index contributed by atoms with van der Waals surface area (Å²) in [5.41, 5.74) is 0. The molecular weight excluding hydrogens is 644 g/mol. The van der Waals surface area contributed by atoms with Gasteiger partial charge in [-0.1, -0.05) is 142 Å². The molecule has 0 atom stereocenters. The van der Waals surface area contributed by atoms with Crippen LogP contribution in [0.3, 0.4) is 0 Å². The SMILES string of the molecule is CCCCCCCCCCCC[N+](C)(C)CCCCCCCCCC[N+](C)(C)CCCCCCCCCCCC.[Br-].[Br-]. The first-order valence-corrected chi connectivity index (χ1v) is 19.0. The molecule has 0 bridgehead atoms. The van der Waals surface area contributed by atoms with E-state index in [4.69, 9.17) is 0 Å². The third-order valence-electron chi connectivity index (χ3n) is 9.51. The Morgan fingerprint density at radius 3 is 0.548 bits per heavy atom. The van der Waals surface area contributed by atoms with Gasteiger partial charge >= 0.3 is 0 Å². The summed E-state index contributed by atoms with van der Waals surface area (Å²) in [7, 11) is 9.85. The summed E-state index contributed by atoms with van der Waals surface area (Å²) in [6.07, 6.45) is 40.5. The number of nitrogens with zero attached hydrogens (tertiary/aromatic N) is 2. The van der Waals surface area contributed by atoms with Gasteiger partial charge in [-0.25, -0.2) is 0 Å². The molecule has 0 aromatic rings. The number of hydrogen-bond acceptors (Lipinski definition) is 0. The molecule has 0 rings (SSSR count). The van der Waals surface area contributed by atoms with Gasteiger partial charge in [-0.15, -0.1) is 0 Å². The van der Waals surface area contributed by atoms with E-state index in [1.807, 2.05) is 0 Å². The molecular formula is C38H82Br2N2. The van der Waals surface area contributed by atoms with E-state index in [1.165, 1.54) is 215 Å². The van der Waals surface area contributed by atoms with Crippen LogP contribution in [0, 0.1) is 0 Å². The lowest BCUT2D eigenvalue weighted by Crippen LogP contribution is -3.00. The van der Waals surface area contributed by atoms with Crippen LogP contribution in [0.1, 0.15) is 194 Å². The predicted octanol–water partition coefficient (Wildman–Crippen LogP) is 6.11. The van der Waals surface area contributed by atoms with Gasteiger partial charge in [-0.2, -0.15) is 0 Å². The molecule has 0 aromatic heterocycles. The fraction of sp³-hybridized carbons (Fsp3) is 1.00. The Morgan fingerprint density at radius 1 is 0.238 bits per heavy atom. The second kappa shape index (κ2) is 34.7. The van der Waals surface area contributed by atoms with Crippen molar-refractivity contribution in [2.75, 3.05) is 54.4 Å². The number of hydrogen-bond donors (Lipinski definition) is 0. The Kier molecular flexibility index (Phi) is 39.1. The minimum absolute atomic E-state index is 0. The summed E-state index contributed by atoms with van der Waals surface area (Å²) in [5.74, 6) is 0. The molecule has 4 heteroatoms. The Hall–Kier alpha value is 0.880. The molecule has 0 saturated carbocycles. The molecule has 2 nitrogen and oxygen atoms in total. The third kappa shape index (κ3) is 37.1. The Bertz CT molecular complexity index is 451. The molecule has 0 heterocycles. The van der Waals surface area contributed by atoms with Crippen molar-refractivity contribution in [3.8, 4) is 0 Å². The van der Waals surface area contributed by atoms with Crippen LogP contribution in [-0.4, -0.2) is 63.3 Å². The Morgan fingerprint density at radius 2 is 0.381 bits per heavy atom. The minimum Gasteiger partial charge on any atom is -1.00 e. The first-order chi connectivity index (χ1) is 19.3. The molecule has 0 unspecified atom stereocenters. The molecule has 0 amide bonds. The topological polar surface area (TPSA) is 0 Å². The lowest BCUT2D eigenvalue weighted by atomic mass is 10.1. The molecule has 0 N–H and O–H groups in total. The minimum atomic E-state index is 0. The highest BCUT2D eigenvalue weighted by Gasteiger charge is 2.14. The summed E-state index contributed by atoms with van der Waals surface area (Å²) in [6.45, 7) is 10.1. The standard InChI is InChI=1S/C38H82N2.2BrH/c1-7-9-11-13-15-17-19-23-27-31-35-39(3,4)37-33-29-25-21-22-26-30-34-38-40(5,6)36-32-28-24-20-18-16-14-12-10-8-2;;/h7-38H2,1-6H3;2*1H/q+2;;/p-2. The highest BCUT2D eigenvalue weighted by Crippen LogP contribution is 2.15. The van der Waals surface area contributed by atoms with Gasteiger partial charge in [0.2, 0.25) is 0 Å². The van der Waals surface area contributed by atoms with Crippen LogP contribution in [0.25, 0.3) is 0 Å². The van der Waals surface area contributed by atoms with Gasteiger partial charge < -0.3 is 42.9 Å². The molecule has 0 spiro atoms. The smallest absolute Gasteiger partial charge is 0.0782 e. The predicted molar refractivity (Wildman–Crippen MR) is 184 cm³/mol. The van der Waals surface area contributed by atoms with E-state index in [0.717, 1.165) is 0 Å². The zero-order valence-corrected chi connectivity index (χ0v) is 33.4. The van der Waals surface area contributed by atoms with Crippen molar-refractivity contribution < 1.29 is 42.9 Å². The van der Waals surface area contributed by atoms with E-state index in [2.05, 4.69) is 42.0 Å². The zero-order valence-electron chi connectivity index (χ0n) is 30.3. The second-order valence-corrected chi connectivity index (χ2v) is 15.0. The average molecular weight is 727 g/mol. The third-order valence-corrected chi connectivity index (χ3v) is 9.51. The first-order valence-electron chi connectivity index (χ1n) is 19.0. The molecule has 0 radical (unpaired) electrons. The maximum atomic E-state index is 2.46. The molecule has 0 aromatic carbocycles. The Balaban J connectivity index is -0.00000760.